The average molecular weight is 178 g/mol. The summed E-state index contributed by atoms with van der Waals surface area (Å²) < 4.78 is 12.6. The quantitative estimate of drug-likeness (QED) is 0.513. The van der Waals surface area contributed by atoms with Gasteiger partial charge in [0.2, 0.25) is 0 Å². The molecule has 0 saturated heterocycles. The van der Waals surface area contributed by atoms with E-state index in [0.29, 0.717) is 0 Å². The second-order valence-electron chi connectivity index (χ2n) is 2.80. The van der Waals surface area contributed by atoms with Crippen molar-refractivity contribution in [3.8, 4) is 0 Å². The van der Waals surface area contributed by atoms with Crippen molar-refractivity contribution in [1.82, 2.24) is 0 Å². The highest BCUT2D eigenvalue weighted by Crippen LogP contribution is 2.11. The van der Waals surface area contributed by atoms with Crippen LogP contribution in [-0.4, -0.2) is 28.7 Å². The summed E-state index contributed by atoms with van der Waals surface area (Å²) in [5, 5.41) is 8.43. The molecule has 2 atom stereocenters. The number of carbonyl (C=O) groups is 2. The average Bonchev–Trinajstić information content (AvgIpc) is 1.85. The van der Waals surface area contributed by atoms with Crippen molar-refractivity contribution in [2.45, 2.75) is 25.1 Å². The Morgan fingerprint density at radius 2 is 2.08 bits per heavy atom. The highest BCUT2D eigenvalue weighted by Gasteiger charge is 2.33. The minimum atomic E-state index is -2.02. The van der Waals surface area contributed by atoms with Crippen molar-refractivity contribution in [3.05, 3.63) is 0 Å². The van der Waals surface area contributed by atoms with Crippen molar-refractivity contribution in [2.24, 2.45) is 11.5 Å². The number of hydrogen-bond donors (Lipinski definition) is 3. The minimum Gasteiger partial charge on any atom is -0.480 e. The normalized spacial score (nSPS) is 17.9. The van der Waals surface area contributed by atoms with Gasteiger partial charge in [0.05, 0.1) is 0 Å². The fourth-order valence-corrected chi connectivity index (χ4v) is 0.560. The first-order chi connectivity index (χ1) is 5.27. The van der Waals surface area contributed by atoms with Gasteiger partial charge >= 0.3 is 5.97 Å². The number of hydrogen-bond acceptors (Lipinski definition) is 3. The molecular formula is C6H11FN2O3. The SMILES string of the molecule is C[C@](N)(C[C@H](F)C(N)=O)C(=O)O. The van der Waals surface area contributed by atoms with Gasteiger partial charge in [-0.2, -0.15) is 0 Å². The molecule has 0 aliphatic carbocycles. The zero-order valence-corrected chi connectivity index (χ0v) is 6.58. The second kappa shape index (κ2) is 3.48. The summed E-state index contributed by atoms with van der Waals surface area (Å²) in [7, 11) is 0. The number of aliphatic carboxylic acids is 1. The van der Waals surface area contributed by atoms with Gasteiger partial charge in [0.1, 0.15) is 5.54 Å². The van der Waals surface area contributed by atoms with E-state index in [0.717, 1.165) is 6.92 Å². The number of primary amides is 1. The molecule has 0 fully saturated rings. The molecule has 0 unspecified atom stereocenters. The summed E-state index contributed by atoms with van der Waals surface area (Å²) in [4.78, 5) is 20.5. The number of amides is 1. The number of nitrogens with two attached hydrogens (primary N) is 2. The van der Waals surface area contributed by atoms with E-state index < -0.39 is 30.0 Å². The summed E-state index contributed by atoms with van der Waals surface area (Å²) in [6.45, 7) is 1.12. The van der Waals surface area contributed by atoms with E-state index in [1.165, 1.54) is 0 Å². The largest absolute Gasteiger partial charge is 0.480 e. The smallest absolute Gasteiger partial charge is 0.323 e. The molecule has 0 aromatic heterocycles. The van der Waals surface area contributed by atoms with Crippen LogP contribution in [0.15, 0.2) is 0 Å². The summed E-state index contributed by atoms with van der Waals surface area (Å²) in [5.41, 5.74) is 7.98. The van der Waals surface area contributed by atoms with Crippen LogP contribution < -0.4 is 11.5 Å². The van der Waals surface area contributed by atoms with Gasteiger partial charge in [-0.3, -0.25) is 9.59 Å². The lowest BCUT2D eigenvalue weighted by molar-refractivity contribution is -0.143. The number of alkyl halides is 1. The fourth-order valence-electron chi connectivity index (χ4n) is 0.560. The van der Waals surface area contributed by atoms with E-state index >= 15 is 0 Å². The van der Waals surface area contributed by atoms with E-state index in [9.17, 15) is 14.0 Å². The van der Waals surface area contributed by atoms with Crippen molar-refractivity contribution >= 4 is 11.9 Å². The molecule has 0 aliphatic heterocycles. The van der Waals surface area contributed by atoms with Crippen molar-refractivity contribution in [2.75, 3.05) is 0 Å². The maximum Gasteiger partial charge on any atom is 0.323 e. The molecule has 0 aromatic carbocycles. The van der Waals surface area contributed by atoms with E-state index in [4.69, 9.17) is 10.8 Å². The molecule has 0 saturated carbocycles. The van der Waals surface area contributed by atoms with Gasteiger partial charge in [-0.1, -0.05) is 0 Å². The number of halogens is 1. The molecule has 0 rings (SSSR count). The Hall–Kier alpha value is -1.17. The van der Waals surface area contributed by atoms with Gasteiger partial charge < -0.3 is 16.6 Å². The van der Waals surface area contributed by atoms with Gasteiger partial charge in [-0.25, -0.2) is 4.39 Å². The van der Waals surface area contributed by atoms with Crippen LogP contribution in [-0.2, 0) is 9.59 Å². The van der Waals surface area contributed by atoms with Crippen molar-refractivity contribution < 1.29 is 19.1 Å². The third kappa shape index (κ3) is 2.83. The van der Waals surface area contributed by atoms with Crippen LogP contribution in [0.4, 0.5) is 4.39 Å². The summed E-state index contributed by atoms with van der Waals surface area (Å²) in [6, 6.07) is 0. The summed E-state index contributed by atoms with van der Waals surface area (Å²) >= 11 is 0. The van der Waals surface area contributed by atoms with Crippen molar-refractivity contribution in [1.29, 1.82) is 0 Å². The van der Waals surface area contributed by atoms with Crippen LogP contribution in [0.3, 0.4) is 0 Å². The lowest BCUT2D eigenvalue weighted by atomic mass is 9.96. The van der Waals surface area contributed by atoms with E-state index in [-0.39, 0.29) is 0 Å². The fraction of sp³-hybridized carbons (Fsp3) is 0.667. The molecule has 0 aromatic rings. The minimum absolute atomic E-state index is 0.613. The molecule has 1 amide bonds. The molecule has 6 heteroatoms. The molecule has 0 radical (unpaired) electrons. The molecule has 5 nitrogen and oxygen atoms in total. The Morgan fingerprint density at radius 1 is 1.67 bits per heavy atom. The van der Waals surface area contributed by atoms with Gasteiger partial charge in [-0.05, 0) is 6.92 Å². The van der Waals surface area contributed by atoms with Crippen LogP contribution in [0.2, 0.25) is 0 Å². The molecule has 0 heterocycles. The van der Waals surface area contributed by atoms with Crippen molar-refractivity contribution in [3.63, 3.8) is 0 Å². The Morgan fingerprint density at radius 3 is 2.33 bits per heavy atom. The Kier molecular flexibility index (Phi) is 3.15. The Balaban J connectivity index is 4.24. The van der Waals surface area contributed by atoms with E-state index in [1.807, 2.05) is 0 Å². The lowest BCUT2D eigenvalue weighted by Gasteiger charge is -2.19. The monoisotopic (exact) mass is 178 g/mol. The van der Waals surface area contributed by atoms with Gasteiger partial charge in [0.25, 0.3) is 5.91 Å². The van der Waals surface area contributed by atoms with Crippen LogP contribution >= 0.6 is 0 Å². The molecule has 0 bridgehead atoms. The molecule has 0 spiro atoms. The highest BCUT2D eigenvalue weighted by molar-refractivity contribution is 5.82. The lowest BCUT2D eigenvalue weighted by Crippen LogP contribution is -2.48. The molecule has 0 aliphatic rings. The number of carbonyl (C=O) groups excluding carboxylic acids is 1. The zero-order valence-electron chi connectivity index (χ0n) is 6.58. The van der Waals surface area contributed by atoms with Crippen LogP contribution in [0.5, 0.6) is 0 Å². The van der Waals surface area contributed by atoms with Crippen LogP contribution in [0.25, 0.3) is 0 Å². The highest BCUT2D eigenvalue weighted by atomic mass is 19.1. The molecule has 12 heavy (non-hydrogen) atoms. The molecule has 5 N–H and O–H groups in total. The van der Waals surface area contributed by atoms with Gasteiger partial charge in [-0.15, -0.1) is 0 Å². The first-order valence-electron chi connectivity index (χ1n) is 3.23. The Bertz CT molecular complexity index is 205. The molecular weight excluding hydrogens is 167 g/mol. The molecule has 70 valence electrons. The van der Waals surface area contributed by atoms with Gasteiger partial charge in [0, 0.05) is 6.42 Å². The topological polar surface area (TPSA) is 106 Å². The Labute approximate surface area is 68.5 Å². The van der Waals surface area contributed by atoms with Crippen LogP contribution in [0.1, 0.15) is 13.3 Å². The maximum atomic E-state index is 12.6. The van der Waals surface area contributed by atoms with E-state index in [2.05, 4.69) is 5.73 Å². The van der Waals surface area contributed by atoms with Gasteiger partial charge in [0.15, 0.2) is 6.17 Å². The standard InChI is InChI=1S/C6H11FN2O3/c1-6(9,5(11)12)2-3(7)4(8)10/h3H,2,9H2,1H3,(H2,8,10)(H,11,12)/t3-,6-/m0/s1. The maximum absolute atomic E-state index is 12.6. The third-order valence-corrected chi connectivity index (χ3v) is 1.40. The second-order valence-corrected chi connectivity index (χ2v) is 2.80. The summed E-state index contributed by atoms with van der Waals surface area (Å²) in [6.07, 6.45) is -2.63. The zero-order chi connectivity index (χ0) is 9.94. The third-order valence-electron chi connectivity index (χ3n) is 1.40. The predicted molar refractivity (Wildman–Crippen MR) is 38.9 cm³/mol. The number of carboxylic acid groups (broad SMARTS) is 1. The first kappa shape index (κ1) is 10.8. The predicted octanol–water partition coefficient (Wildman–Crippen LogP) is -0.998. The summed E-state index contributed by atoms with van der Waals surface area (Å²) in [5.74, 6) is -2.57. The van der Waals surface area contributed by atoms with Crippen LogP contribution in [0, 0.1) is 0 Å². The van der Waals surface area contributed by atoms with E-state index in [1.54, 1.807) is 0 Å². The number of carboxylic acids is 1. The first-order valence-corrected chi connectivity index (χ1v) is 3.23. The number of rotatable bonds is 4.